The number of anilines is 1. The minimum atomic E-state index is 0.0474. The minimum Gasteiger partial charge on any atom is -0.454 e. The first-order chi connectivity index (χ1) is 9.45. The Labute approximate surface area is 127 Å². The summed E-state index contributed by atoms with van der Waals surface area (Å²) < 4.78 is 5.76. The summed E-state index contributed by atoms with van der Waals surface area (Å²) in [6.45, 7) is 5.20. The summed E-state index contributed by atoms with van der Waals surface area (Å²) in [5, 5.41) is 4.40. The Balaban J connectivity index is 1.89. The van der Waals surface area contributed by atoms with Crippen molar-refractivity contribution < 1.29 is 4.74 Å². The third-order valence-electron chi connectivity index (χ3n) is 3.35. The molecule has 1 aliphatic heterocycles. The predicted octanol–water partition coefficient (Wildman–Crippen LogP) is 4.88. The molecule has 3 nitrogen and oxygen atoms in total. The topological polar surface area (TPSA) is 34.1 Å². The van der Waals surface area contributed by atoms with Crippen molar-refractivity contribution in [3.05, 3.63) is 46.2 Å². The minimum absolute atomic E-state index is 0.0474. The monoisotopic (exact) mass is 308 g/mol. The van der Waals surface area contributed by atoms with Gasteiger partial charge in [0.1, 0.15) is 11.5 Å². The van der Waals surface area contributed by atoms with Crippen molar-refractivity contribution in [2.75, 3.05) is 11.9 Å². The van der Waals surface area contributed by atoms with Gasteiger partial charge in [0.25, 0.3) is 0 Å². The molecule has 0 atom stereocenters. The first-order valence-electron chi connectivity index (χ1n) is 6.33. The molecule has 0 aliphatic carbocycles. The van der Waals surface area contributed by atoms with Crippen LogP contribution in [0.25, 0.3) is 0 Å². The van der Waals surface area contributed by atoms with Crippen LogP contribution in [0, 0.1) is 0 Å². The Bertz CT molecular complexity index is 671. The lowest BCUT2D eigenvalue weighted by Crippen LogP contribution is -2.19. The molecule has 1 aromatic carbocycles. The van der Waals surface area contributed by atoms with Gasteiger partial charge >= 0.3 is 0 Å². The number of halogens is 2. The number of hydrogen-bond acceptors (Lipinski definition) is 3. The van der Waals surface area contributed by atoms with Gasteiger partial charge in [-0.1, -0.05) is 37.0 Å². The van der Waals surface area contributed by atoms with Crippen LogP contribution in [0.2, 0.25) is 10.0 Å². The van der Waals surface area contributed by atoms with Crippen LogP contribution in [0.3, 0.4) is 0 Å². The third-order valence-corrected chi connectivity index (χ3v) is 3.88. The van der Waals surface area contributed by atoms with Crippen LogP contribution in [0.1, 0.15) is 19.5 Å². The maximum atomic E-state index is 6.10. The highest BCUT2D eigenvalue weighted by Crippen LogP contribution is 2.38. The number of nitrogens with one attached hydrogen (secondary N) is 1. The van der Waals surface area contributed by atoms with Crippen LogP contribution >= 0.6 is 23.2 Å². The fourth-order valence-corrected chi connectivity index (χ4v) is 2.71. The molecule has 0 radical (unpaired) electrons. The second kappa shape index (κ2) is 4.83. The van der Waals surface area contributed by atoms with Crippen molar-refractivity contribution in [2.45, 2.75) is 19.3 Å². The molecule has 0 saturated heterocycles. The zero-order valence-corrected chi connectivity index (χ0v) is 12.7. The molecule has 2 heterocycles. The molecule has 2 aromatic rings. The van der Waals surface area contributed by atoms with Crippen LogP contribution in [0.5, 0.6) is 11.5 Å². The molecule has 3 rings (SSSR count). The van der Waals surface area contributed by atoms with Crippen LogP contribution in [-0.4, -0.2) is 11.5 Å². The zero-order chi connectivity index (χ0) is 14.3. The molecule has 104 valence electrons. The van der Waals surface area contributed by atoms with E-state index >= 15 is 0 Å². The highest BCUT2D eigenvalue weighted by molar-refractivity contribution is 6.35. The molecule has 20 heavy (non-hydrogen) atoms. The fourth-order valence-electron chi connectivity index (χ4n) is 2.26. The van der Waals surface area contributed by atoms with Gasteiger partial charge in [-0.05, 0) is 18.2 Å². The molecule has 1 aromatic heterocycles. The lowest BCUT2D eigenvalue weighted by molar-refractivity contribution is 0.479. The average molecular weight is 309 g/mol. The summed E-state index contributed by atoms with van der Waals surface area (Å²) in [5.74, 6) is 1.22. The van der Waals surface area contributed by atoms with E-state index in [1.165, 1.54) is 0 Å². The number of aromatic nitrogens is 1. The van der Waals surface area contributed by atoms with Gasteiger partial charge in [0.2, 0.25) is 0 Å². The van der Waals surface area contributed by atoms with Crippen LogP contribution < -0.4 is 10.1 Å². The average Bonchev–Trinajstić information content (AvgIpc) is 2.69. The Kier molecular flexibility index (Phi) is 3.27. The molecule has 0 amide bonds. The van der Waals surface area contributed by atoms with Gasteiger partial charge in [-0.2, -0.15) is 0 Å². The van der Waals surface area contributed by atoms with Gasteiger partial charge in [-0.3, -0.25) is 4.98 Å². The molecular weight excluding hydrogens is 295 g/mol. The molecule has 1 aliphatic rings. The summed E-state index contributed by atoms with van der Waals surface area (Å²) in [4.78, 5) is 4.50. The van der Waals surface area contributed by atoms with Crippen molar-refractivity contribution in [1.29, 1.82) is 0 Å². The number of benzene rings is 1. The maximum absolute atomic E-state index is 6.10. The molecule has 0 spiro atoms. The Morgan fingerprint density at radius 2 is 2.05 bits per heavy atom. The molecule has 0 bridgehead atoms. The van der Waals surface area contributed by atoms with Gasteiger partial charge in [-0.25, -0.2) is 0 Å². The first kappa shape index (κ1) is 13.5. The number of ether oxygens (including phenoxy) is 1. The fraction of sp³-hybridized carbons (Fsp3) is 0.267. The Morgan fingerprint density at radius 3 is 2.80 bits per heavy atom. The van der Waals surface area contributed by atoms with Crippen molar-refractivity contribution in [3.63, 3.8) is 0 Å². The largest absolute Gasteiger partial charge is 0.454 e. The summed E-state index contributed by atoms with van der Waals surface area (Å²) in [6, 6.07) is 7.09. The third kappa shape index (κ3) is 2.43. The maximum Gasteiger partial charge on any atom is 0.147 e. The normalized spacial score (nSPS) is 15.6. The van der Waals surface area contributed by atoms with E-state index < -0.39 is 0 Å². The van der Waals surface area contributed by atoms with Crippen LogP contribution in [-0.2, 0) is 5.41 Å². The van der Waals surface area contributed by atoms with Crippen molar-refractivity contribution in [3.8, 4) is 11.5 Å². The van der Waals surface area contributed by atoms with Crippen molar-refractivity contribution in [2.24, 2.45) is 0 Å². The lowest BCUT2D eigenvalue weighted by Gasteiger charge is -2.15. The van der Waals surface area contributed by atoms with E-state index in [1.807, 2.05) is 6.07 Å². The number of rotatable bonds is 2. The van der Waals surface area contributed by atoms with Gasteiger partial charge in [-0.15, -0.1) is 0 Å². The van der Waals surface area contributed by atoms with Gasteiger partial charge in [0.05, 0.1) is 22.6 Å². The molecule has 0 saturated carbocycles. The van der Waals surface area contributed by atoms with E-state index in [1.54, 1.807) is 24.4 Å². The summed E-state index contributed by atoms with van der Waals surface area (Å²) in [7, 11) is 0. The first-order valence-corrected chi connectivity index (χ1v) is 7.09. The Hall–Kier alpha value is -1.45. The lowest BCUT2D eigenvalue weighted by atomic mass is 9.91. The number of hydrogen-bond donors (Lipinski definition) is 1. The molecule has 0 unspecified atom stereocenters. The van der Waals surface area contributed by atoms with E-state index in [-0.39, 0.29) is 5.41 Å². The SMILES string of the molecule is CC1(C)CNc2cc(Oc3ccc(Cl)cc3Cl)cnc21. The van der Waals surface area contributed by atoms with E-state index in [4.69, 9.17) is 27.9 Å². The van der Waals surface area contributed by atoms with Gasteiger partial charge in [0.15, 0.2) is 0 Å². The zero-order valence-electron chi connectivity index (χ0n) is 11.2. The highest BCUT2D eigenvalue weighted by Gasteiger charge is 2.31. The smallest absolute Gasteiger partial charge is 0.147 e. The summed E-state index contributed by atoms with van der Waals surface area (Å²) in [6.07, 6.45) is 1.72. The van der Waals surface area contributed by atoms with E-state index in [0.717, 1.165) is 17.9 Å². The number of fused-ring (bicyclic) bond motifs is 1. The van der Waals surface area contributed by atoms with Crippen LogP contribution in [0.15, 0.2) is 30.5 Å². The standard InChI is InChI=1S/C15H14Cl2N2O/c1-15(2)8-19-12-6-10(7-18-14(12)15)20-13-4-3-9(16)5-11(13)17/h3-7,19H,8H2,1-2H3. The van der Waals surface area contributed by atoms with E-state index in [2.05, 4.69) is 24.1 Å². The van der Waals surface area contributed by atoms with E-state index in [9.17, 15) is 0 Å². The molecule has 5 heteroatoms. The Morgan fingerprint density at radius 1 is 1.25 bits per heavy atom. The van der Waals surface area contributed by atoms with Crippen LogP contribution in [0.4, 0.5) is 5.69 Å². The van der Waals surface area contributed by atoms with Crippen molar-refractivity contribution in [1.82, 2.24) is 4.98 Å². The van der Waals surface area contributed by atoms with E-state index in [0.29, 0.717) is 21.5 Å². The quantitative estimate of drug-likeness (QED) is 0.858. The molecule has 1 N–H and O–H groups in total. The summed E-state index contributed by atoms with van der Waals surface area (Å²) >= 11 is 12.0. The number of nitrogens with zero attached hydrogens (tertiary/aromatic N) is 1. The highest BCUT2D eigenvalue weighted by atomic mass is 35.5. The molecular formula is C15H14Cl2N2O. The molecule has 0 fully saturated rings. The van der Waals surface area contributed by atoms with Crippen molar-refractivity contribution >= 4 is 28.9 Å². The van der Waals surface area contributed by atoms with Gasteiger partial charge in [0, 0.05) is 23.0 Å². The second-order valence-electron chi connectivity index (χ2n) is 5.48. The van der Waals surface area contributed by atoms with Gasteiger partial charge < -0.3 is 10.1 Å². The second-order valence-corrected chi connectivity index (χ2v) is 6.33. The number of pyridine rings is 1. The summed E-state index contributed by atoms with van der Waals surface area (Å²) in [5.41, 5.74) is 2.12. The predicted molar refractivity (Wildman–Crippen MR) is 82.3 cm³/mol.